The van der Waals surface area contributed by atoms with Gasteiger partial charge in [-0.1, -0.05) is 18.7 Å². The highest BCUT2D eigenvalue weighted by atomic mass is 32.2. The number of aliphatic imine (C=N–C) groups is 1. The predicted octanol–water partition coefficient (Wildman–Crippen LogP) is 0.438. The highest BCUT2D eigenvalue weighted by molar-refractivity contribution is 8.14. The topological polar surface area (TPSA) is 55.1 Å². The summed E-state index contributed by atoms with van der Waals surface area (Å²) in [5, 5.41) is 9.17. The van der Waals surface area contributed by atoms with Gasteiger partial charge in [0.05, 0.1) is 6.54 Å². The van der Waals surface area contributed by atoms with Crippen LogP contribution in [0.4, 0.5) is 0 Å². The Kier molecular flexibility index (Phi) is 3.25. The molecule has 0 spiro atoms. The van der Waals surface area contributed by atoms with Crippen molar-refractivity contribution in [3.05, 3.63) is 12.2 Å². The molecule has 6 heteroatoms. The maximum Gasteiger partial charge on any atom is 0.156 e. The highest BCUT2D eigenvalue weighted by Crippen LogP contribution is 2.18. The number of nitrogens with one attached hydrogen (secondary N) is 1. The van der Waals surface area contributed by atoms with Gasteiger partial charge in [-0.2, -0.15) is 5.10 Å². The van der Waals surface area contributed by atoms with Crippen LogP contribution in [0.25, 0.3) is 0 Å². The van der Waals surface area contributed by atoms with E-state index in [1.165, 1.54) is 0 Å². The molecule has 0 aromatic carbocycles. The van der Waals surface area contributed by atoms with E-state index in [0.29, 0.717) is 5.25 Å². The Morgan fingerprint density at radius 3 is 3.13 bits per heavy atom. The molecule has 2 heterocycles. The second-order valence-electron chi connectivity index (χ2n) is 3.59. The van der Waals surface area contributed by atoms with Crippen LogP contribution in [0.1, 0.15) is 12.7 Å². The zero-order chi connectivity index (χ0) is 10.7. The monoisotopic (exact) mass is 225 g/mol. The van der Waals surface area contributed by atoms with Crippen molar-refractivity contribution >= 4 is 16.9 Å². The van der Waals surface area contributed by atoms with Crippen LogP contribution < -0.4 is 5.32 Å². The third kappa shape index (κ3) is 2.95. The molecule has 1 aromatic heterocycles. The van der Waals surface area contributed by atoms with Gasteiger partial charge in [0.15, 0.2) is 11.0 Å². The Hall–Kier alpha value is -1.04. The first-order valence-corrected chi connectivity index (χ1v) is 5.91. The fraction of sp³-hybridized carbons (Fsp3) is 0.667. The molecule has 1 aliphatic rings. The first-order valence-electron chi connectivity index (χ1n) is 5.03. The van der Waals surface area contributed by atoms with Crippen LogP contribution in [0, 0.1) is 0 Å². The van der Waals surface area contributed by atoms with Crippen LogP contribution in [0.5, 0.6) is 0 Å². The molecule has 0 bridgehead atoms. The van der Waals surface area contributed by atoms with E-state index in [1.807, 2.05) is 7.05 Å². The average molecular weight is 225 g/mol. The maximum absolute atomic E-state index is 4.38. The molecule has 0 saturated carbocycles. The highest BCUT2D eigenvalue weighted by Gasteiger charge is 2.14. The van der Waals surface area contributed by atoms with Crippen LogP contribution in [0.15, 0.2) is 11.3 Å². The normalized spacial score (nSPS) is 20.4. The lowest BCUT2D eigenvalue weighted by atomic mass is 10.4. The number of thioether (sulfide) groups is 1. The van der Waals surface area contributed by atoms with Gasteiger partial charge in [-0.3, -0.25) is 9.67 Å². The van der Waals surface area contributed by atoms with E-state index in [-0.39, 0.29) is 0 Å². The van der Waals surface area contributed by atoms with Crippen LogP contribution in [-0.4, -0.2) is 38.3 Å². The Labute approximate surface area is 93.4 Å². The molecule has 0 fully saturated rings. The summed E-state index contributed by atoms with van der Waals surface area (Å²) in [4.78, 5) is 8.54. The van der Waals surface area contributed by atoms with Gasteiger partial charge in [-0.05, 0) is 0 Å². The molecule has 5 nitrogen and oxygen atoms in total. The summed E-state index contributed by atoms with van der Waals surface area (Å²) in [7, 11) is 1.88. The Bertz CT molecular complexity index is 359. The minimum absolute atomic E-state index is 0.612. The first-order chi connectivity index (χ1) is 7.24. The lowest BCUT2D eigenvalue weighted by Gasteiger charge is -2.03. The third-order valence-corrected chi connectivity index (χ3v) is 3.12. The van der Waals surface area contributed by atoms with Gasteiger partial charge in [0.2, 0.25) is 0 Å². The summed E-state index contributed by atoms with van der Waals surface area (Å²) in [5.41, 5.74) is 0. The molecule has 0 radical (unpaired) electrons. The van der Waals surface area contributed by atoms with E-state index in [4.69, 9.17) is 0 Å². The summed E-state index contributed by atoms with van der Waals surface area (Å²) in [5.74, 6) is 0.877. The van der Waals surface area contributed by atoms with Crippen LogP contribution in [-0.2, 0) is 13.5 Å². The summed E-state index contributed by atoms with van der Waals surface area (Å²) in [6.07, 6.45) is 2.56. The summed E-state index contributed by atoms with van der Waals surface area (Å²) >= 11 is 1.80. The molecule has 0 aliphatic carbocycles. The molecular formula is C9H15N5S. The molecule has 1 atom stereocenters. The Morgan fingerprint density at radius 1 is 1.67 bits per heavy atom. The van der Waals surface area contributed by atoms with Crippen molar-refractivity contribution in [3.63, 3.8) is 0 Å². The van der Waals surface area contributed by atoms with Crippen molar-refractivity contribution in [2.45, 2.75) is 18.6 Å². The van der Waals surface area contributed by atoms with Crippen molar-refractivity contribution in [2.75, 3.05) is 13.1 Å². The lowest BCUT2D eigenvalue weighted by Crippen LogP contribution is -2.22. The number of aromatic nitrogens is 3. The van der Waals surface area contributed by atoms with E-state index in [0.717, 1.165) is 30.5 Å². The predicted molar refractivity (Wildman–Crippen MR) is 62.1 cm³/mol. The van der Waals surface area contributed by atoms with Gasteiger partial charge >= 0.3 is 0 Å². The van der Waals surface area contributed by atoms with E-state index < -0.39 is 0 Å². The Morgan fingerprint density at radius 2 is 2.53 bits per heavy atom. The van der Waals surface area contributed by atoms with E-state index >= 15 is 0 Å². The number of nitrogens with zero attached hydrogens (tertiary/aromatic N) is 4. The van der Waals surface area contributed by atoms with E-state index in [1.54, 1.807) is 22.8 Å². The van der Waals surface area contributed by atoms with Gasteiger partial charge in [0.1, 0.15) is 6.33 Å². The number of aryl methyl sites for hydroxylation is 1. The Balaban J connectivity index is 1.71. The van der Waals surface area contributed by atoms with Crippen molar-refractivity contribution in [1.29, 1.82) is 0 Å². The second-order valence-corrected chi connectivity index (χ2v) is 5.01. The van der Waals surface area contributed by atoms with E-state index in [9.17, 15) is 0 Å². The van der Waals surface area contributed by atoms with Gasteiger partial charge in [-0.15, -0.1) is 0 Å². The fourth-order valence-corrected chi connectivity index (χ4v) is 2.22. The molecule has 82 valence electrons. The first kappa shape index (κ1) is 10.5. The zero-order valence-electron chi connectivity index (χ0n) is 8.97. The van der Waals surface area contributed by atoms with Crippen molar-refractivity contribution in [3.8, 4) is 0 Å². The molecule has 15 heavy (non-hydrogen) atoms. The van der Waals surface area contributed by atoms with Crippen molar-refractivity contribution < 1.29 is 0 Å². The maximum atomic E-state index is 4.38. The van der Waals surface area contributed by atoms with Gasteiger partial charge in [0, 0.05) is 25.3 Å². The minimum Gasteiger partial charge on any atom is -0.364 e. The number of hydrogen-bond acceptors (Lipinski definition) is 5. The largest absolute Gasteiger partial charge is 0.364 e. The standard InChI is InChI=1S/C9H15N5S/c1-7-5-11-9(15-7)10-4-3-8-12-6-14(2)13-8/h6-7H,3-5H2,1-2H3,(H,10,11). The third-order valence-electron chi connectivity index (χ3n) is 2.08. The summed E-state index contributed by atoms with van der Waals surface area (Å²) in [6.45, 7) is 3.96. The lowest BCUT2D eigenvalue weighted by molar-refractivity contribution is 0.730. The van der Waals surface area contributed by atoms with Gasteiger partial charge in [-0.25, -0.2) is 4.98 Å². The fourth-order valence-electron chi connectivity index (χ4n) is 1.35. The van der Waals surface area contributed by atoms with Crippen LogP contribution >= 0.6 is 11.8 Å². The van der Waals surface area contributed by atoms with Gasteiger partial charge < -0.3 is 5.32 Å². The number of hydrogen-bond donors (Lipinski definition) is 1. The quantitative estimate of drug-likeness (QED) is 0.811. The van der Waals surface area contributed by atoms with Crippen molar-refractivity contribution in [1.82, 2.24) is 20.1 Å². The number of amidine groups is 1. The second kappa shape index (κ2) is 4.65. The molecular weight excluding hydrogens is 210 g/mol. The summed E-state index contributed by atoms with van der Waals surface area (Å²) < 4.78 is 1.72. The molecule has 1 N–H and O–H groups in total. The van der Waals surface area contributed by atoms with Crippen LogP contribution in [0.3, 0.4) is 0 Å². The SMILES string of the molecule is CC1CN=C(NCCc2ncn(C)n2)S1. The van der Waals surface area contributed by atoms with Crippen LogP contribution in [0.2, 0.25) is 0 Å². The number of rotatable bonds is 3. The summed E-state index contributed by atoms with van der Waals surface area (Å²) in [6, 6.07) is 0. The molecule has 1 unspecified atom stereocenters. The zero-order valence-corrected chi connectivity index (χ0v) is 9.79. The molecule has 1 aromatic rings. The molecule has 1 aliphatic heterocycles. The average Bonchev–Trinajstić information content (AvgIpc) is 2.76. The molecule has 0 saturated heterocycles. The van der Waals surface area contributed by atoms with Crippen molar-refractivity contribution in [2.24, 2.45) is 12.0 Å². The molecule has 2 rings (SSSR count). The van der Waals surface area contributed by atoms with E-state index in [2.05, 4.69) is 27.3 Å². The smallest absolute Gasteiger partial charge is 0.156 e. The molecule has 0 amide bonds. The van der Waals surface area contributed by atoms with Gasteiger partial charge in [0.25, 0.3) is 0 Å². The minimum atomic E-state index is 0.612.